The van der Waals surface area contributed by atoms with Crippen LogP contribution in [0.4, 0.5) is 14.5 Å². The number of pyridine rings is 2. The van der Waals surface area contributed by atoms with E-state index in [1.165, 1.54) is 29.0 Å². The first-order valence-corrected chi connectivity index (χ1v) is 10.2. The van der Waals surface area contributed by atoms with E-state index in [2.05, 4.69) is 10.3 Å². The highest BCUT2D eigenvalue weighted by molar-refractivity contribution is 6.31. The number of halogens is 3. The summed E-state index contributed by atoms with van der Waals surface area (Å²) in [4.78, 5) is 43.1. The quantitative estimate of drug-likeness (QED) is 0.438. The van der Waals surface area contributed by atoms with Gasteiger partial charge < -0.3 is 9.88 Å². The van der Waals surface area contributed by atoms with E-state index in [4.69, 9.17) is 11.6 Å². The van der Waals surface area contributed by atoms with Crippen molar-refractivity contribution >= 4 is 40.0 Å². The normalized spacial score (nSPS) is 10.9. The first kappa shape index (κ1) is 22.3. The van der Waals surface area contributed by atoms with Crippen molar-refractivity contribution in [1.29, 1.82) is 0 Å². The van der Waals surface area contributed by atoms with Gasteiger partial charge in [-0.3, -0.25) is 14.4 Å². The molecule has 2 aromatic carbocycles. The third kappa shape index (κ3) is 4.65. The molecule has 33 heavy (non-hydrogen) atoms. The van der Waals surface area contributed by atoms with Crippen LogP contribution in [0.2, 0.25) is 5.02 Å². The number of benzene rings is 2. The van der Waals surface area contributed by atoms with Crippen molar-refractivity contribution in [2.24, 2.45) is 0 Å². The number of carbonyl (C=O) groups is 2. The summed E-state index contributed by atoms with van der Waals surface area (Å²) < 4.78 is 28.0. The Morgan fingerprint density at radius 3 is 2.58 bits per heavy atom. The molecule has 0 atom stereocenters. The Kier molecular flexibility index (Phi) is 6.02. The molecule has 1 amide bonds. The van der Waals surface area contributed by atoms with Crippen LogP contribution in [0.1, 0.15) is 21.6 Å². The van der Waals surface area contributed by atoms with Crippen molar-refractivity contribution in [2.45, 2.75) is 13.5 Å². The molecule has 166 valence electrons. The molecule has 1 N–H and O–H groups in total. The zero-order chi connectivity index (χ0) is 23.7. The largest absolute Gasteiger partial charge is 0.324 e. The number of hydrogen-bond acceptors (Lipinski definition) is 4. The number of nitrogens with one attached hydrogen (secondary N) is 1. The summed E-state index contributed by atoms with van der Waals surface area (Å²) in [7, 11) is 0. The fraction of sp³-hybridized carbons (Fsp3) is 0.0833. The van der Waals surface area contributed by atoms with E-state index in [9.17, 15) is 23.2 Å². The summed E-state index contributed by atoms with van der Waals surface area (Å²) in [5.74, 6) is -3.29. The predicted molar refractivity (Wildman–Crippen MR) is 121 cm³/mol. The molecule has 0 unspecified atom stereocenters. The number of aromatic nitrogens is 2. The van der Waals surface area contributed by atoms with Crippen LogP contribution in [-0.4, -0.2) is 21.2 Å². The van der Waals surface area contributed by atoms with Crippen LogP contribution in [0.3, 0.4) is 0 Å². The summed E-state index contributed by atoms with van der Waals surface area (Å²) in [6.07, 6.45) is 1.27. The van der Waals surface area contributed by atoms with Gasteiger partial charge in [0.1, 0.15) is 12.2 Å². The van der Waals surface area contributed by atoms with Gasteiger partial charge in [0, 0.05) is 34.2 Å². The number of rotatable bonds is 5. The molecule has 0 saturated carbocycles. The van der Waals surface area contributed by atoms with Gasteiger partial charge in [0.2, 0.25) is 11.3 Å². The molecule has 0 radical (unpaired) electrons. The molecule has 0 aliphatic rings. The first-order valence-electron chi connectivity index (χ1n) is 9.79. The fourth-order valence-electron chi connectivity index (χ4n) is 3.36. The van der Waals surface area contributed by atoms with Crippen LogP contribution < -0.4 is 10.7 Å². The molecule has 0 bridgehead atoms. The van der Waals surface area contributed by atoms with E-state index >= 15 is 0 Å². The molecule has 2 aromatic heterocycles. The molecule has 2 heterocycles. The van der Waals surface area contributed by atoms with Crippen LogP contribution in [0.15, 0.2) is 65.6 Å². The second-order valence-electron chi connectivity index (χ2n) is 7.34. The van der Waals surface area contributed by atoms with Gasteiger partial charge in [0.25, 0.3) is 0 Å². The van der Waals surface area contributed by atoms with E-state index < -0.39 is 28.8 Å². The standard InChI is InChI=1S/C24H16ClF2N3O3/c1-13-5-7-17-23(33)18(22(32)14-3-2-4-15(25)9-14)11-30(24(17)28-13)12-21(31)29-16-6-8-19(26)20(27)10-16/h2-11H,12H2,1H3,(H,29,31). The molecule has 0 spiro atoms. The molecule has 6 nitrogen and oxygen atoms in total. The van der Waals surface area contributed by atoms with Crippen LogP contribution in [0.25, 0.3) is 11.0 Å². The van der Waals surface area contributed by atoms with Crippen molar-refractivity contribution < 1.29 is 18.4 Å². The average Bonchev–Trinajstić information content (AvgIpc) is 2.77. The van der Waals surface area contributed by atoms with E-state index in [0.717, 1.165) is 12.1 Å². The lowest BCUT2D eigenvalue weighted by atomic mass is 10.0. The van der Waals surface area contributed by atoms with Gasteiger partial charge in [0.15, 0.2) is 17.4 Å². The molecule has 0 aliphatic carbocycles. The van der Waals surface area contributed by atoms with E-state index in [1.54, 1.807) is 31.2 Å². The first-order chi connectivity index (χ1) is 15.7. The van der Waals surface area contributed by atoms with Crippen LogP contribution in [0.5, 0.6) is 0 Å². The topological polar surface area (TPSA) is 81.1 Å². The van der Waals surface area contributed by atoms with Crippen molar-refractivity contribution in [3.05, 3.63) is 104 Å². The molecule has 0 saturated heterocycles. The Hall–Kier alpha value is -3.91. The number of carbonyl (C=O) groups excluding carboxylic acids is 2. The minimum atomic E-state index is -1.10. The van der Waals surface area contributed by atoms with Crippen LogP contribution in [0, 0.1) is 18.6 Å². The second-order valence-corrected chi connectivity index (χ2v) is 7.78. The Morgan fingerprint density at radius 1 is 1.06 bits per heavy atom. The maximum absolute atomic E-state index is 13.5. The monoisotopic (exact) mass is 467 g/mol. The van der Waals surface area contributed by atoms with Gasteiger partial charge in [0.05, 0.1) is 10.9 Å². The van der Waals surface area contributed by atoms with E-state index in [0.29, 0.717) is 10.7 Å². The highest BCUT2D eigenvalue weighted by Gasteiger charge is 2.19. The maximum atomic E-state index is 13.5. The summed E-state index contributed by atoms with van der Waals surface area (Å²) in [5, 5.41) is 2.96. The van der Waals surface area contributed by atoms with Crippen molar-refractivity contribution in [3.8, 4) is 0 Å². The molecular weight excluding hydrogens is 452 g/mol. The number of ketones is 1. The van der Waals surface area contributed by atoms with Gasteiger partial charge >= 0.3 is 0 Å². The van der Waals surface area contributed by atoms with Gasteiger partial charge in [-0.2, -0.15) is 0 Å². The minimum absolute atomic E-state index is 0.0589. The summed E-state index contributed by atoms with van der Waals surface area (Å²) in [6.45, 7) is 1.39. The zero-order valence-corrected chi connectivity index (χ0v) is 18.0. The third-order valence-corrected chi connectivity index (χ3v) is 5.14. The van der Waals surface area contributed by atoms with Crippen LogP contribution in [-0.2, 0) is 11.3 Å². The predicted octanol–water partition coefficient (Wildman–Crippen LogP) is 4.51. The SMILES string of the molecule is Cc1ccc2c(=O)c(C(=O)c3cccc(Cl)c3)cn(CC(=O)Nc3ccc(F)c(F)c3)c2n1. The van der Waals surface area contributed by atoms with Crippen LogP contribution >= 0.6 is 11.6 Å². The van der Waals surface area contributed by atoms with Gasteiger partial charge in [-0.1, -0.05) is 23.7 Å². The molecule has 4 aromatic rings. The number of hydrogen-bond donors (Lipinski definition) is 1. The summed E-state index contributed by atoms with van der Waals surface area (Å²) in [5.41, 5.74) is 0.407. The molecular formula is C24H16ClF2N3O3. The van der Waals surface area contributed by atoms with Crippen molar-refractivity contribution in [1.82, 2.24) is 9.55 Å². The highest BCUT2D eigenvalue weighted by Crippen LogP contribution is 2.17. The van der Waals surface area contributed by atoms with Gasteiger partial charge in [-0.05, 0) is 43.3 Å². The molecule has 9 heteroatoms. The Morgan fingerprint density at radius 2 is 1.85 bits per heavy atom. The summed E-state index contributed by atoms with van der Waals surface area (Å²) >= 11 is 5.98. The molecule has 4 rings (SSSR count). The number of amides is 1. The Bertz CT molecular complexity index is 1480. The number of anilines is 1. The van der Waals surface area contributed by atoms with Crippen molar-refractivity contribution in [3.63, 3.8) is 0 Å². The van der Waals surface area contributed by atoms with Gasteiger partial charge in [-0.15, -0.1) is 0 Å². The second kappa shape index (κ2) is 8.91. The van der Waals surface area contributed by atoms with E-state index in [1.807, 2.05) is 0 Å². The lowest BCUT2D eigenvalue weighted by Gasteiger charge is -2.13. The molecule has 0 aliphatic heterocycles. The number of nitrogens with zero attached hydrogens (tertiary/aromatic N) is 2. The Labute approximate surface area is 191 Å². The maximum Gasteiger partial charge on any atom is 0.244 e. The lowest BCUT2D eigenvalue weighted by Crippen LogP contribution is -2.25. The van der Waals surface area contributed by atoms with E-state index in [-0.39, 0.29) is 34.4 Å². The summed E-state index contributed by atoms with van der Waals surface area (Å²) in [6, 6.07) is 12.3. The minimum Gasteiger partial charge on any atom is -0.324 e. The van der Waals surface area contributed by atoms with Gasteiger partial charge in [-0.25, -0.2) is 13.8 Å². The molecule has 0 fully saturated rings. The smallest absolute Gasteiger partial charge is 0.244 e. The Balaban J connectivity index is 1.76. The van der Waals surface area contributed by atoms with Crippen molar-refractivity contribution in [2.75, 3.05) is 5.32 Å². The zero-order valence-electron chi connectivity index (χ0n) is 17.2. The number of aryl methyl sites for hydroxylation is 1. The average molecular weight is 468 g/mol. The third-order valence-electron chi connectivity index (χ3n) is 4.91. The lowest BCUT2D eigenvalue weighted by molar-refractivity contribution is -0.116. The number of fused-ring (bicyclic) bond motifs is 1. The highest BCUT2D eigenvalue weighted by atomic mass is 35.5. The fourth-order valence-corrected chi connectivity index (χ4v) is 3.55.